The molecule has 0 saturated heterocycles. The first-order valence-electron chi connectivity index (χ1n) is 4.39. The Balaban J connectivity index is 2.27. The van der Waals surface area contributed by atoms with Crippen LogP contribution < -0.4 is 10.5 Å². The standard InChI is InChI=1S/C10H8FN3O2/c11-6-4-13-10(14-5-6)16-8-3-1-2-7(15)9(8)12/h1-5,15H,12H2. The minimum absolute atomic E-state index is 0.0429. The van der Waals surface area contributed by atoms with Gasteiger partial charge in [0.1, 0.15) is 11.4 Å². The number of benzene rings is 1. The van der Waals surface area contributed by atoms with Crippen molar-refractivity contribution in [1.82, 2.24) is 9.97 Å². The fraction of sp³-hybridized carbons (Fsp3) is 0. The predicted octanol–water partition coefficient (Wildman–Crippen LogP) is 1.70. The van der Waals surface area contributed by atoms with Crippen LogP contribution in [0.5, 0.6) is 17.5 Å². The number of hydrogen-bond acceptors (Lipinski definition) is 5. The van der Waals surface area contributed by atoms with Crippen molar-refractivity contribution in [3.05, 3.63) is 36.4 Å². The smallest absolute Gasteiger partial charge is 0.322 e. The number of phenolic OH excluding ortho intramolecular Hbond substituents is 1. The largest absolute Gasteiger partial charge is 0.506 e. The summed E-state index contributed by atoms with van der Waals surface area (Å²) < 4.78 is 17.7. The van der Waals surface area contributed by atoms with Gasteiger partial charge < -0.3 is 15.6 Å². The molecule has 0 fully saturated rings. The highest BCUT2D eigenvalue weighted by atomic mass is 19.1. The molecule has 1 heterocycles. The maximum absolute atomic E-state index is 12.5. The van der Waals surface area contributed by atoms with Crippen LogP contribution in [0, 0.1) is 5.82 Å². The van der Waals surface area contributed by atoms with Gasteiger partial charge >= 0.3 is 6.01 Å². The second-order valence-electron chi connectivity index (χ2n) is 2.97. The molecular formula is C10H8FN3O2. The van der Waals surface area contributed by atoms with E-state index in [1.807, 2.05) is 0 Å². The van der Waals surface area contributed by atoms with E-state index in [2.05, 4.69) is 9.97 Å². The van der Waals surface area contributed by atoms with E-state index in [0.717, 1.165) is 12.4 Å². The summed E-state index contributed by atoms with van der Waals surface area (Å²) in [5.41, 5.74) is 5.63. The molecule has 0 aliphatic heterocycles. The molecule has 5 nitrogen and oxygen atoms in total. The van der Waals surface area contributed by atoms with Gasteiger partial charge in [0.05, 0.1) is 12.4 Å². The van der Waals surface area contributed by atoms with Crippen LogP contribution in [-0.4, -0.2) is 15.1 Å². The minimum Gasteiger partial charge on any atom is -0.506 e. The van der Waals surface area contributed by atoms with Gasteiger partial charge in [-0.25, -0.2) is 14.4 Å². The number of nitrogens with zero attached hydrogens (tertiary/aromatic N) is 2. The molecule has 82 valence electrons. The van der Waals surface area contributed by atoms with E-state index in [-0.39, 0.29) is 23.2 Å². The van der Waals surface area contributed by atoms with Crippen LogP contribution in [0.3, 0.4) is 0 Å². The summed E-state index contributed by atoms with van der Waals surface area (Å²) in [6, 6.07) is 4.48. The fourth-order valence-electron chi connectivity index (χ4n) is 1.07. The van der Waals surface area contributed by atoms with Gasteiger partial charge in [-0.1, -0.05) is 6.07 Å². The molecule has 6 heteroatoms. The zero-order chi connectivity index (χ0) is 11.5. The number of phenols is 1. The van der Waals surface area contributed by atoms with Gasteiger partial charge in [0, 0.05) is 0 Å². The minimum atomic E-state index is -0.559. The first-order valence-corrected chi connectivity index (χ1v) is 4.39. The third-order valence-electron chi connectivity index (χ3n) is 1.84. The summed E-state index contributed by atoms with van der Waals surface area (Å²) in [4.78, 5) is 7.20. The molecule has 0 aliphatic carbocycles. The molecule has 0 unspecified atom stereocenters. The third-order valence-corrected chi connectivity index (χ3v) is 1.84. The average Bonchev–Trinajstić information content (AvgIpc) is 2.28. The molecular weight excluding hydrogens is 213 g/mol. The number of anilines is 1. The Morgan fingerprint density at radius 1 is 1.25 bits per heavy atom. The van der Waals surface area contributed by atoms with Crippen molar-refractivity contribution >= 4 is 5.69 Å². The van der Waals surface area contributed by atoms with Crippen LogP contribution in [0.1, 0.15) is 0 Å². The lowest BCUT2D eigenvalue weighted by atomic mass is 10.3. The van der Waals surface area contributed by atoms with E-state index in [9.17, 15) is 9.50 Å². The van der Waals surface area contributed by atoms with Gasteiger partial charge in [-0.3, -0.25) is 0 Å². The van der Waals surface area contributed by atoms with Gasteiger partial charge in [0.2, 0.25) is 0 Å². The first kappa shape index (κ1) is 10.2. The van der Waals surface area contributed by atoms with Crippen LogP contribution >= 0.6 is 0 Å². The summed E-state index contributed by atoms with van der Waals surface area (Å²) in [7, 11) is 0. The predicted molar refractivity (Wildman–Crippen MR) is 54.6 cm³/mol. The van der Waals surface area contributed by atoms with E-state index in [1.165, 1.54) is 6.07 Å². The summed E-state index contributed by atoms with van der Waals surface area (Å²) in [6.07, 6.45) is 1.95. The van der Waals surface area contributed by atoms with Gasteiger partial charge in [0.15, 0.2) is 11.6 Å². The van der Waals surface area contributed by atoms with E-state index in [4.69, 9.17) is 10.5 Å². The summed E-state index contributed by atoms with van der Waals surface area (Å²) in [5, 5.41) is 9.32. The molecule has 16 heavy (non-hydrogen) atoms. The van der Waals surface area contributed by atoms with E-state index < -0.39 is 5.82 Å². The number of halogens is 1. The van der Waals surface area contributed by atoms with Gasteiger partial charge in [-0.15, -0.1) is 0 Å². The Morgan fingerprint density at radius 3 is 2.62 bits per heavy atom. The molecule has 1 aromatic heterocycles. The highest BCUT2D eigenvalue weighted by Gasteiger charge is 2.07. The molecule has 0 atom stereocenters. The van der Waals surface area contributed by atoms with Crippen molar-refractivity contribution in [2.24, 2.45) is 0 Å². The molecule has 0 saturated carbocycles. The number of nitrogens with two attached hydrogens (primary N) is 1. The Bertz CT molecular complexity index is 502. The maximum atomic E-state index is 12.5. The maximum Gasteiger partial charge on any atom is 0.322 e. The lowest BCUT2D eigenvalue weighted by molar-refractivity contribution is 0.430. The van der Waals surface area contributed by atoms with E-state index >= 15 is 0 Å². The quantitative estimate of drug-likeness (QED) is 0.595. The lowest BCUT2D eigenvalue weighted by Crippen LogP contribution is -1.96. The van der Waals surface area contributed by atoms with E-state index in [0.29, 0.717) is 0 Å². The highest BCUT2D eigenvalue weighted by Crippen LogP contribution is 2.32. The zero-order valence-corrected chi connectivity index (χ0v) is 8.09. The molecule has 0 amide bonds. The molecule has 0 radical (unpaired) electrons. The van der Waals surface area contributed by atoms with Crippen LogP contribution in [0.15, 0.2) is 30.6 Å². The van der Waals surface area contributed by atoms with Gasteiger partial charge in [-0.2, -0.15) is 0 Å². The van der Waals surface area contributed by atoms with Crippen molar-refractivity contribution in [1.29, 1.82) is 0 Å². The molecule has 0 aliphatic rings. The Kier molecular flexibility index (Phi) is 2.55. The van der Waals surface area contributed by atoms with Crippen LogP contribution in [0.25, 0.3) is 0 Å². The third kappa shape index (κ3) is 2.00. The molecule has 0 bridgehead atoms. The SMILES string of the molecule is Nc1c(O)cccc1Oc1ncc(F)cn1. The molecule has 3 N–H and O–H groups in total. The van der Waals surface area contributed by atoms with E-state index in [1.54, 1.807) is 12.1 Å². The number of ether oxygens (including phenoxy) is 1. The van der Waals surface area contributed by atoms with Crippen molar-refractivity contribution < 1.29 is 14.2 Å². The number of para-hydroxylation sites is 1. The second-order valence-corrected chi connectivity index (χ2v) is 2.97. The number of hydrogen-bond donors (Lipinski definition) is 2. The van der Waals surface area contributed by atoms with Crippen LogP contribution in [-0.2, 0) is 0 Å². The monoisotopic (exact) mass is 221 g/mol. The normalized spacial score (nSPS) is 10.1. The fourth-order valence-corrected chi connectivity index (χ4v) is 1.07. The van der Waals surface area contributed by atoms with Crippen molar-refractivity contribution in [3.8, 4) is 17.5 Å². The summed E-state index contributed by atoms with van der Waals surface area (Å²) >= 11 is 0. The van der Waals surface area contributed by atoms with Crippen molar-refractivity contribution in [2.45, 2.75) is 0 Å². The second kappa shape index (κ2) is 4.01. The van der Waals surface area contributed by atoms with Crippen LogP contribution in [0.4, 0.5) is 10.1 Å². The number of aromatic nitrogens is 2. The zero-order valence-electron chi connectivity index (χ0n) is 8.09. The first-order chi connectivity index (χ1) is 7.66. The summed E-state index contributed by atoms with van der Waals surface area (Å²) in [6.45, 7) is 0. The Labute approximate surface area is 90.3 Å². The topological polar surface area (TPSA) is 81.3 Å². The Hall–Kier alpha value is -2.37. The number of rotatable bonds is 2. The number of aromatic hydroxyl groups is 1. The Morgan fingerprint density at radius 2 is 1.94 bits per heavy atom. The lowest BCUT2D eigenvalue weighted by Gasteiger charge is -2.06. The molecule has 2 aromatic rings. The molecule has 2 rings (SSSR count). The summed E-state index contributed by atoms with van der Waals surface area (Å²) in [5.74, 6) is -0.442. The molecule has 1 aromatic carbocycles. The van der Waals surface area contributed by atoms with Gasteiger partial charge in [0.25, 0.3) is 0 Å². The number of nitrogen functional groups attached to an aromatic ring is 1. The van der Waals surface area contributed by atoms with Crippen molar-refractivity contribution in [3.63, 3.8) is 0 Å². The molecule has 0 spiro atoms. The van der Waals surface area contributed by atoms with Crippen molar-refractivity contribution in [2.75, 3.05) is 5.73 Å². The highest BCUT2D eigenvalue weighted by molar-refractivity contribution is 5.62. The van der Waals surface area contributed by atoms with Gasteiger partial charge in [-0.05, 0) is 12.1 Å². The average molecular weight is 221 g/mol. The van der Waals surface area contributed by atoms with Crippen LogP contribution in [0.2, 0.25) is 0 Å².